The molecule has 0 spiro atoms. The second-order valence-electron chi connectivity index (χ2n) is 5.72. The number of nitrogens with one attached hydrogen (secondary N) is 1. The van der Waals surface area contributed by atoms with Gasteiger partial charge in [-0.05, 0) is 37.3 Å². The van der Waals surface area contributed by atoms with Crippen molar-refractivity contribution in [1.29, 1.82) is 0 Å². The van der Waals surface area contributed by atoms with Crippen LogP contribution in [-0.2, 0) is 14.8 Å². The van der Waals surface area contributed by atoms with Gasteiger partial charge in [-0.2, -0.15) is 0 Å². The monoisotopic (exact) mass is 393 g/mol. The molecule has 9 nitrogen and oxygen atoms in total. The molecule has 1 N–H and O–H groups in total. The van der Waals surface area contributed by atoms with E-state index in [1.165, 1.54) is 44.4 Å². The number of nitro benzene ring substituents is 1. The third-order valence-corrected chi connectivity index (χ3v) is 4.96. The van der Waals surface area contributed by atoms with Crippen LogP contribution in [0.1, 0.15) is 5.56 Å². The van der Waals surface area contributed by atoms with E-state index in [1.807, 2.05) is 0 Å². The van der Waals surface area contributed by atoms with Crippen molar-refractivity contribution in [3.63, 3.8) is 0 Å². The summed E-state index contributed by atoms with van der Waals surface area (Å²) in [5.41, 5.74) is 0.690. The van der Waals surface area contributed by atoms with Crippen molar-refractivity contribution in [3.8, 4) is 5.75 Å². The molecule has 0 aromatic heterocycles. The van der Waals surface area contributed by atoms with E-state index < -0.39 is 27.4 Å². The zero-order chi connectivity index (χ0) is 20.2. The Hall–Kier alpha value is -3.14. The Balaban J connectivity index is 2.24. The lowest BCUT2D eigenvalue weighted by molar-refractivity contribution is -0.385. The number of rotatable bonds is 7. The van der Waals surface area contributed by atoms with Gasteiger partial charge in [-0.25, -0.2) is 8.42 Å². The van der Waals surface area contributed by atoms with Crippen LogP contribution in [0.15, 0.2) is 42.5 Å². The molecule has 2 aromatic carbocycles. The summed E-state index contributed by atoms with van der Waals surface area (Å²) in [6.45, 7) is 1.03. The molecule has 0 heterocycles. The zero-order valence-electron chi connectivity index (χ0n) is 15.0. The number of methoxy groups -OCH3 is 1. The van der Waals surface area contributed by atoms with Crippen molar-refractivity contribution in [1.82, 2.24) is 0 Å². The van der Waals surface area contributed by atoms with Crippen LogP contribution in [0.2, 0.25) is 0 Å². The van der Waals surface area contributed by atoms with Gasteiger partial charge in [0, 0.05) is 6.07 Å². The van der Waals surface area contributed by atoms with Crippen molar-refractivity contribution < 1.29 is 22.9 Å². The van der Waals surface area contributed by atoms with Gasteiger partial charge in [0.2, 0.25) is 15.9 Å². The summed E-state index contributed by atoms with van der Waals surface area (Å²) in [4.78, 5) is 22.8. The summed E-state index contributed by atoms with van der Waals surface area (Å²) in [7, 11) is -2.25. The van der Waals surface area contributed by atoms with Gasteiger partial charge in [0.1, 0.15) is 12.3 Å². The second-order valence-corrected chi connectivity index (χ2v) is 7.63. The van der Waals surface area contributed by atoms with E-state index >= 15 is 0 Å². The SMILES string of the molecule is COc1ccc(N(CC(=O)Nc2cccc([N+](=O)[O-])c2C)S(C)(=O)=O)cc1. The van der Waals surface area contributed by atoms with Crippen molar-refractivity contribution in [2.75, 3.05) is 29.5 Å². The topological polar surface area (TPSA) is 119 Å². The van der Waals surface area contributed by atoms with Crippen LogP contribution < -0.4 is 14.4 Å². The Bertz CT molecular complexity index is 957. The molecule has 0 aliphatic heterocycles. The van der Waals surface area contributed by atoms with Gasteiger partial charge in [0.05, 0.1) is 35.2 Å². The summed E-state index contributed by atoms with van der Waals surface area (Å²) >= 11 is 0. The summed E-state index contributed by atoms with van der Waals surface area (Å²) in [5.74, 6) is -0.0799. The predicted octanol–water partition coefficient (Wildman–Crippen LogP) is 2.32. The second kappa shape index (κ2) is 8.04. The van der Waals surface area contributed by atoms with E-state index in [1.54, 1.807) is 12.1 Å². The molecule has 0 bridgehead atoms. The number of hydrogen-bond acceptors (Lipinski definition) is 6. The lowest BCUT2D eigenvalue weighted by atomic mass is 10.1. The number of nitro groups is 1. The van der Waals surface area contributed by atoms with E-state index in [-0.39, 0.29) is 16.9 Å². The summed E-state index contributed by atoms with van der Waals surface area (Å²) in [6, 6.07) is 10.5. The molecule has 0 aliphatic carbocycles. The Morgan fingerprint density at radius 2 is 1.85 bits per heavy atom. The Morgan fingerprint density at radius 3 is 2.37 bits per heavy atom. The van der Waals surface area contributed by atoms with Crippen LogP contribution in [0.4, 0.5) is 17.1 Å². The number of nitrogens with zero attached hydrogens (tertiary/aromatic N) is 2. The lowest BCUT2D eigenvalue weighted by Crippen LogP contribution is -2.37. The Labute approximate surface area is 156 Å². The predicted molar refractivity (Wildman–Crippen MR) is 102 cm³/mol. The van der Waals surface area contributed by atoms with Crippen LogP contribution in [0.3, 0.4) is 0 Å². The minimum absolute atomic E-state index is 0.136. The first kappa shape index (κ1) is 20.2. The molecule has 1 amide bonds. The fourth-order valence-corrected chi connectivity index (χ4v) is 3.28. The van der Waals surface area contributed by atoms with Crippen molar-refractivity contribution in [2.24, 2.45) is 0 Å². The number of amides is 1. The van der Waals surface area contributed by atoms with Crippen LogP contribution in [0, 0.1) is 17.0 Å². The highest BCUT2D eigenvalue weighted by Crippen LogP contribution is 2.25. The minimum atomic E-state index is -3.73. The summed E-state index contributed by atoms with van der Waals surface area (Å²) < 4.78 is 30.2. The smallest absolute Gasteiger partial charge is 0.274 e. The fraction of sp³-hybridized carbons (Fsp3) is 0.235. The lowest BCUT2D eigenvalue weighted by Gasteiger charge is -2.22. The molecule has 0 fully saturated rings. The van der Waals surface area contributed by atoms with Gasteiger partial charge in [0.25, 0.3) is 5.69 Å². The molecule has 0 atom stereocenters. The van der Waals surface area contributed by atoms with Gasteiger partial charge < -0.3 is 10.1 Å². The first-order valence-electron chi connectivity index (χ1n) is 7.79. The molecule has 0 radical (unpaired) electrons. The number of sulfonamides is 1. The average molecular weight is 393 g/mol. The normalized spacial score (nSPS) is 10.9. The van der Waals surface area contributed by atoms with E-state index in [2.05, 4.69) is 5.32 Å². The van der Waals surface area contributed by atoms with Gasteiger partial charge in [0.15, 0.2) is 0 Å². The van der Waals surface area contributed by atoms with E-state index in [0.717, 1.165) is 10.6 Å². The van der Waals surface area contributed by atoms with Gasteiger partial charge in [-0.1, -0.05) is 6.07 Å². The van der Waals surface area contributed by atoms with Gasteiger partial charge in [-0.3, -0.25) is 19.2 Å². The molecular formula is C17H19N3O6S. The summed E-state index contributed by atoms with van der Waals surface area (Å²) in [5, 5.41) is 13.5. The van der Waals surface area contributed by atoms with E-state index in [4.69, 9.17) is 4.74 Å². The molecule has 0 unspecified atom stereocenters. The van der Waals surface area contributed by atoms with Gasteiger partial charge in [-0.15, -0.1) is 0 Å². The highest BCUT2D eigenvalue weighted by Gasteiger charge is 2.22. The molecular weight excluding hydrogens is 374 g/mol. The molecule has 2 aromatic rings. The maximum absolute atomic E-state index is 12.4. The summed E-state index contributed by atoms with van der Waals surface area (Å²) in [6.07, 6.45) is 0.989. The molecule has 2 rings (SSSR count). The molecule has 0 saturated carbocycles. The maximum Gasteiger partial charge on any atom is 0.274 e. The first-order valence-corrected chi connectivity index (χ1v) is 9.64. The van der Waals surface area contributed by atoms with Crippen LogP contribution in [0.5, 0.6) is 5.75 Å². The average Bonchev–Trinajstić information content (AvgIpc) is 2.60. The first-order chi connectivity index (χ1) is 12.6. The van der Waals surface area contributed by atoms with Crippen molar-refractivity contribution >= 4 is 33.0 Å². The number of benzene rings is 2. The standard InChI is InChI=1S/C17H19N3O6S/c1-12-15(5-4-6-16(12)20(22)23)18-17(21)11-19(27(3,24)25)13-7-9-14(26-2)10-8-13/h4-10H,11H2,1-3H3,(H,18,21). The number of carbonyl (C=O) groups excluding carboxylic acids is 1. The minimum Gasteiger partial charge on any atom is -0.497 e. The number of anilines is 2. The molecule has 27 heavy (non-hydrogen) atoms. The highest BCUT2D eigenvalue weighted by molar-refractivity contribution is 7.92. The zero-order valence-corrected chi connectivity index (χ0v) is 15.8. The Kier molecular flexibility index (Phi) is 6.01. The van der Waals surface area contributed by atoms with Crippen LogP contribution in [-0.4, -0.2) is 39.2 Å². The quantitative estimate of drug-likeness (QED) is 0.569. The van der Waals surface area contributed by atoms with E-state index in [9.17, 15) is 23.3 Å². The number of ether oxygens (including phenoxy) is 1. The van der Waals surface area contributed by atoms with Gasteiger partial charge >= 0.3 is 0 Å². The fourth-order valence-electron chi connectivity index (χ4n) is 2.43. The van der Waals surface area contributed by atoms with Crippen LogP contribution >= 0.6 is 0 Å². The Morgan fingerprint density at radius 1 is 1.22 bits per heavy atom. The van der Waals surface area contributed by atoms with Crippen LogP contribution in [0.25, 0.3) is 0 Å². The maximum atomic E-state index is 12.4. The van der Waals surface area contributed by atoms with Crippen molar-refractivity contribution in [3.05, 3.63) is 58.1 Å². The number of hydrogen-bond donors (Lipinski definition) is 1. The molecule has 0 saturated heterocycles. The van der Waals surface area contributed by atoms with Crippen molar-refractivity contribution in [2.45, 2.75) is 6.92 Å². The third kappa shape index (κ3) is 4.94. The highest BCUT2D eigenvalue weighted by atomic mass is 32.2. The van der Waals surface area contributed by atoms with E-state index in [0.29, 0.717) is 11.4 Å². The molecule has 10 heteroatoms. The number of carbonyl (C=O) groups is 1. The molecule has 144 valence electrons. The third-order valence-electron chi connectivity index (χ3n) is 3.82. The largest absolute Gasteiger partial charge is 0.497 e. The molecule has 0 aliphatic rings.